The molecule has 1 fully saturated rings. The van der Waals surface area contributed by atoms with Gasteiger partial charge in [-0.05, 0) is 79.1 Å². The minimum Gasteiger partial charge on any atom is -0.393 e. The highest BCUT2D eigenvalue weighted by Crippen LogP contribution is 2.46. The Morgan fingerprint density at radius 2 is 1.73 bits per heavy atom. The fourth-order valence-electron chi connectivity index (χ4n) is 5.72. The summed E-state index contributed by atoms with van der Waals surface area (Å²) < 4.78 is 13.6. The number of nitrogens with one attached hydrogen (secondary N) is 1. The molecule has 7 heteroatoms. The molecular formula is C30H30ClFN2O3. The molecule has 1 saturated carbocycles. The van der Waals surface area contributed by atoms with Crippen LogP contribution in [-0.4, -0.2) is 40.5 Å². The number of aliphatic hydroxyl groups is 1. The Labute approximate surface area is 221 Å². The van der Waals surface area contributed by atoms with E-state index in [0.29, 0.717) is 54.8 Å². The van der Waals surface area contributed by atoms with E-state index in [9.17, 15) is 19.1 Å². The molecule has 2 N–H and O–H groups in total. The van der Waals surface area contributed by atoms with Crippen LogP contribution < -0.4 is 5.32 Å². The lowest BCUT2D eigenvalue weighted by atomic mass is 9.77. The van der Waals surface area contributed by atoms with E-state index < -0.39 is 12.0 Å². The summed E-state index contributed by atoms with van der Waals surface area (Å²) in [5.74, 6) is -1.22. The zero-order chi connectivity index (χ0) is 25.9. The topological polar surface area (TPSA) is 69.6 Å². The van der Waals surface area contributed by atoms with Crippen LogP contribution in [0.3, 0.4) is 0 Å². The molecule has 37 heavy (non-hydrogen) atoms. The molecule has 2 atom stereocenters. The zero-order valence-corrected chi connectivity index (χ0v) is 21.2. The Morgan fingerprint density at radius 3 is 2.46 bits per heavy atom. The maximum absolute atomic E-state index is 13.9. The zero-order valence-electron chi connectivity index (χ0n) is 20.4. The van der Waals surface area contributed by atoms with Gasteiger partial charge in [0, 0.05) is 23.2 Å². The van der Waals surface area contributed by atoms with Crippen molar-refractivity contribution >= 4 is 23.4 Å². The quantitative estimate of drug-likeness (QED) is 0.456. The molecule has 0 bridgehead atoms. The van der Waals surface area contributed by atoms with Crippen molar-refractivity contribution in [3.63, 3.8) is 0 Å². The fraction of sp³-hybridized carbons (Fsp3) is 0.333. The van der Waals surface area contributed by atoms with E-state index >= 15 is 0 Å². The Bertz CT molecular complexity index is 1270. The predicted molar refractivity (Wildman–Crippen MR) is 141 cm³/mol. The van der Waals surface area contributed by atoms with E-state index in [-0.39, 0.29) is 29.8 Å². The predicted octanol–water partition coefficient (Wildman–Crippen LogP) is 5.42. The summed E-state index contributed by atoms with van der Waals surface area (Å²) in [6.07, 6.45) is 2.72. The van der Waals surface area contributed by atoms with Crippen molar-refractivity contribution < 1.29 is 19.1 Å². The smallest absolute Gasteiger partial charge is 0.254 e. The summed E-state index contributed by atoms with van der Waals surface area (Å²) in [6, 6.07) is 20.4. The van der Waals surface area contributed by atoms with Crippen LogP contribution in [0.15, 0.2) is 72.8 Å². The molecule has 0 spiro atoms. The molecule has 3 aromatic rings. The number of halogens is 2. The highest BCUT2D eigenvalue weighted by molar-refractivity contribution is 6.30. The van der Waals surface area contributed by atoms with Crippen LogP contribution in [0.4, 0.5) is 4.39 Å². The average Bonchev–Trinajstić information content (AvgIpc) is 2.90. The normalized spacial score (nSPS) is 23.4. The summed E-state index contributed by atoms with van der Waals surface area (Å²) in [5.41, 5.74) is 2.87. The molecule has 3 aromatic carbocycles. The maximum atomic E-state index is 13.9. The van der Waals surface area contributed by atoms with E-state index in [1.165, 1.54) is 12.1 Å². The molecule has 0 radical (unpaired) electrons. The van der Waals surface area contributed by atoms with Crippen molar-refractivity contribution in [2.24, 2.45) is 0 Å². The standard InChI is InChI=1S/C30H30ClFN2O3/c31-21-10-8-20(9-11-21)28-27(29(36)33-17-16-19-4-3-5-22(32)18-19)25-6-1-2-7-26(25)30(37)34(28)23-12-14-24(35)15-13-23/h1-11,18,23-24,27-28,35H,12-17H2,(H,33,36)/t23?,24?,27-,28+/m1/s1. The first-order valence-electron chi connectivity index (χ1n) is 12.8. The second-order valence-corrected chi connectivity index (χ2v) is 10.3. The number of aliphatic hydroxyl groups excluding tert-OH is 1. The highest BCUT2D eigenvalue weighted by atomic mass is 35.5. The summed E-state index contributed by atoms with van der Waals surface area (Å²) in [4.78, 5) is 29.7. The molecule has 0 saturated heterocycles. The Hall–Kier alpha value is -3.22. The lowest BCUT2D eigenvalue weighted by Crippen LogP contribution is -2.52. The average molecular weight is 521 g/mol. The van der Waals surface area contributed by atoms with Crippen LogP contribution in [0, 0.1) is 5.82 Å². The molecule has 0 unspecified atom stereocenters. The monoisotopic (exact) mass is 520 g/mol. The number of benzene rings is 3. The second kappa shape index (κ2) is 11.0. The highest BCUT2D eigenvalue weighted by Gasteiger charge is 2.46. The van der Waals surface area contributed by atoms with Gasteiger partial charge in [-0.2, -0.15) is 0 Å². The molecule has 0 aromatic heterocycles. The van der Waals surface area contributed by atoms with Gasteiger partial charge >= 0.3 is 0 Å². The molecule has 1 aliphatic carbocycles. The number of carbonyl (C=O) groups is 2. The van der Waals surface area contributed by atoms with Crippen molar-refractivity contribution in [1.82, 2.24) is 10.2 Å². The van der Waals surface area contributed by atoms with Gasteiger partial charge in [-0.3, -0.25) is 9.59 Å². The first kappa shape index (κ1) is 25.4. The Kier molecular flexibility index (Phi) is 7.58. The minimum atomic E-state index is -0.630. The summed E-state index contributed by atoms with van der Waals surface area (Å²) in [7, 11) is 0. The van der Waals surface area contributed by atoms with Gasteiger partial charge in [0.2, 0.25) is 5.91 Å². The third kappa shape index (κ3) is 5.41. The number of nitrogens with zero attached hydrogens (tertiary/aromatic N) is 1. The molecule has 2 amide bonds. The van der Waals surface area contributed by atoms with Crippen molar-refractivity contribution in [1.29, 1.82) is 0 Å². The fourth-order valence-corrected chi connectivity index (χ4v) is 5.84. The molecule has 2 aliphatic rings. The number of fused-ring (bicyclic) bond motifs is 1. The van der Waals surface area contributed by atoms with E-state index in [1.54, 1.807) is 24.3 Å². The van der Waals surface area contributed by atoms with Crippen LogP contribution in [0.2, 0.25) is 5.02 Å². The summed E-state index contributed by atoms with van der Waals surface area (Å²) in [5, 5.41) is 13.7. The van der Waals surface area contributed by atoms with Crippen LogP contribution in [0.5, 0.6) is 0 Å². The van der Waals surface area contributed by atoms with Gasteiger partial charge in [0.25, 0.3) is 5.91 Å². The first-order valence-corrected chi connectivity index (χ1v) is 13.2. The van der Waals surface area contributed by atoms with Crippen molar-refractivity contribution in [2.75, 3.05) is 6.54 Å². The summed E-state index contributed by atoms with van der Waals surface area (Å²) >= 11 is 6.18. The number of rotatable bonds is 6. The lowest BCUT2D eigenvalue weighted by molar-refractivity contribution is -0.124. The van der Waals surface area contributed by atoms with E-state index in [2.05, 4.69) is 5.32 Å². The molecule has 5 rings (SSSR count). The van der Waals surface area contributed by atoms with E-state index in [4.69, 9.17) is 11.6 Å². The van der Waals surface area contributed by atoms with E-state index in [0.717, 1.165) is 11.1 Å². The van der Waals surface area contributed by atoms with Gasteiger partial charge < -0.3 is 15.3 Å². The maximum Gasteiger partial charge on any atom is 0.254 e. The van der Waals surface area contributed by atoms with Gasteiger partial charge in [0.1, 0.15) is 5.82 Å². The minimum absolute atomic E-state index is 0.0903. The third-order valence-corrected chi connectivity index (χ3v) is 7.78. The van der Waals surface area contributed by atoms with Gasteiger partial charge in [-0.1, -0.05) is 54.1 Å². The Morgan fingerprint density at radius 1 is 1.00 bits per heavy atom. The SMILES string of the molecule is O=C(NCCc1cccc(F)c1)[C@@H]1c2ccccc2C(=O)N(C2CCC(O)CC2)[C@H]1c1ccc(Cl)cc1. The van der Waals surface area contributed by atoms with Crippen molar-refractivity contribution in [3.05, 3.63) is 106 Å². The Balaban J connectivity index is 1.51. The van der Waals surface area contributed by atoms with Crippen LogP contribution in [0.25, 0.3) is 0 Å². The third-order valence-electron chi connectivity index (χ3n) is 7.53. The van der Waals surface area contributed by atoms with Gasteiger partial charge in [0.05, 0.1) is 18.1 Å². The van der Waals surface area contributed by atoms with Gasteiger partial charge in [-0.15, -0.1) is 0 Å². The molecular weight excluding hydrogens is 491 g/mol. The largest absolute Gasteiger partial charge is 0.393 e. The van der Waals surface area contributed by atoms with Gasteiger partial charge in [-0.25, -0.2) is 4.39 Å². The van der Waals surface area contributed by atoms with E-state index in [1.807, 2.05) is 41.3 Å². The van der Waals surface area contributed by atoms with Crippen LogP contribution in [0.1, 0.15) is 64.7 Å². The molecule has 192 valence electrons. The number of hydrogen-bond acceptors (Lipinski definition) is 3. The van der Waals surface area contributed by atoms with Crippen molar-refractivity contribution in [3.8, 4) is 0 Å². The molecule has 1 heterocycles. The number of hydrogen-bond donors (Lipinski definition) is 2. The van der Waals surface area contributed by atoms with Crippen molar-refractivity contribution in [2.45, 2.75) is 56.2 Å². The molecule has 5 nitrogen and oxygen atoms in total. The summed E-state index contributed by atoms with van der Waals surface area (Å²) in [6.45, 7) is 0.345. The lowest BCUT2D eigenvalue weighted by Gasteiger charge is -2.47. The van der Waals surface area contributed by atoms with Crippen LogP contribution >= 0.6 is 11.6 Å². The first-order chi connectivity index (χ1) is 17.9. The molecule has 1 aliphatic heterocycles. The second-order valence-electron chi connectivity index (χ2n) is 9.91. The number of amides is 2. The van der Waals surface area contributed by atoms with Crippen LogP contribution in [-0.2, 0) is 11.2 Å². The van der Waals surface area contributed by atoms with Gasteiger partial charge in [0.15, 0.2) is 0 Å². The number of carbonyl (C=O) groups excluding carboxylic acids is 2.